The van der Waals surface area contributed by atoms with Crippen molar-refractivity contribution in [3.63, 3.8) is 0 Å². The highest BCUT2D eigenvalue weighted by molar-refractivity contribution is 5.10. The van der Waals surface area contributed by atoms with Crippen molar-refractivity contribution in [1.29, 1.82) is 0 Å². The molecule has 0 amide bonds. The van der Waals surface area contributed by atoms with Crippen molar-refractivity contribution in [3.8, 4) is 0 Å². The average molecular weight is 264 g/mol. The fourth-order valence-corrected chi connectivity index (χ4v) is 3.37. The second-order valence-corrected chi connectivity index (χ2v) is 6.14. The molecule has 1 aromatic heterocycles. The summed E-state index contributed by atoms with van der Waals surface area (Å²) in [4.78, 5) is 4.22. The van der Waals surface area contributed by atoms with Crippen LogP contribution in [0.4, 0.5) is 4.39 Å². The number of nitrogens with zero attached hydrogens (tertiary/aromatic N) is 1. The van der Waals surface area contributed by atoms with Gasteiger partial charge in [-0.3, -0.25) is 4.98 Å². The zero-order valence-corrected chi connectivity index (χ0v) is 12.2. The molecule has 1 aliphatic rings. The summed E-state index contributed by atoms with van der Waals surface area (Å²) in [6, 6.07) is 4.10. The lowest BCUT2D eigenvalue weighted by Gasteiger charge is -2.34. The first-order valence-electron chi connectivity index (χ1n) is 7.46. The highest BCUT2D eigenvalue weighted by Crippen LogP contribution is 2.30. The maximum Gasteiger partial charge on any atom is 0.141 e. The van der Waals surface area contributed by atoms with Gasteiger partial charge in [-0.1, -0.05) is 20.8 Å². The van der Waals surface area contributed by atoms with Crippen LogP contribution in [-0.2, 0) is 0 Å². The van der Waals surface area contributed by atoms with Gasteiger partial charge in [-0.05, 0) is 49.7 Å². The monoisotopic (exact) mass is 264 g/mol. The molecule has 0 saturated heterocycles. The Labute approximate surface area is 115 Å². The molecule has 0 bridgehead atoms. The number of halogens is 1. The van der Waals surface area contributed by atoms with Gasteiger partial charge in [0.15, 0.2) is 0 Å². The molecule has 0 radical (unpaired) electrons. The zero-order valence-electron chi connectivity index (χ0n) is 12.2. The van der Waals surface area contributed by atoms with Gasteiger partial charge < -0.3 is 5.32 Å². The van der Waals surface area contributed by atoms with Gasteiger partial charge in [0, 0.05) is 12.1 Å². The molecular formula is C16H25FN2. The standard InChI is InChI=1S/C16H25FN2/c1-4-15(16-6-5-13(17)10-18-16)19-14-8-11(2)7-12(3)9-14/h5-6,10-12,14-15,19H,4,7-9H2,1-3H3. The van der Waals surface area contributed by atoms with Crippen LogP contribution in [0.25, 0.3) is 0 Å². The summed E-state index contributed by atoms with van der Waals surface area (Å²) in [5, 5.41) is 3.72. The second-order valence-electron chi connectivity index (χ2n) is 6.14. The van der Waals surface area contributed by atoms with Crippen molar-refractivity contribution >= 4 is 0 Å². The minimum atomic E-state index is -0.265. The van der Waals surface area contributed by atoms with E-state index in [9.17, 15) is 4.39 Å². The predicted molar refractivity (Wildman–Crippen MR) is 76.3 cm³/mol. The van der Waals surface area contributed by atoms with E-state index in [-0.39, 0.29) is 11.9 Å². The Kier molecular flexibility index (Phi) is 4.92. The smallest absolute Gasteiger partial charge is 0.141 e. The van der Waals surface area contributed by atoms with Crippen molar-refractivity contribution in [3.05, 3.63) is 29.8 Å². The van der Waals surface area contributed by atoms with Crippen LogP contribution in [0.2, 0.25) is 0 Å². The zero-order chi connectivity index (χ0) is 13.8. The van der Waals surface area contributed by atoms with E-state index in [2.05, 4.69) is 31.1 Å². The van der Waals surface area contributed by atoms with Crippen molar-refractivity contribution in [2.75, 3.05) is 0 Å². The van der Waals surface area contributed by atoms with Gasteiger partial charge in [-0.15, -0.1) is 0 Å². The van der Waals surface area contributed by atoms with Crippen molar-refractivity contribution in [2.45, 2.75) is 58.5 Å². The molecule has 1 aliphatic carbocycles. The Morgan fingerprint density at radius 1 is 1.26 bits per heavy atom. The van der Waals surface area contributed by atoms with E-state index in [4.69, 9.17) is 0 Å². The molecule has 3 heteroatoms. The molecule has 3 atom stereocenters. The number of rotatable bonds is 4. The molecule has 106 valence electrons. The van der Waals surface area contributed by atoms with E-state index in [1.807, 2.05) is 0 Å². The molecule has 0 aliphatic heterocycles. The summed E-state index contributed by atoms with van der Waals surface area (Å²) in [6.07, 6.45) is 6.11. The SMILES string of the molecule is CCC(NC1CC(C)CC(C)C1)c1ccc(F)cn1. The molecule has 0 spiro atoms. The Balaban J connectivity index is 2.00. The van der Waals surface area contributed by atoms with Gasteiger partial charge in [-0.25, -0.2) is 4.39 Å². The molecule has 1 saturated carbocycles. The normalized spacial score (nSPS) is 29.2. The van der Waals surface area contributed by atoms with E-state index < -0.39 is 0 Å². The lowest BCUT2D eigenvalue weighted by molar-refractivity contribution is 0.223. The summed E-state index contributed by atoms with van der Waals surface area (Å²) < 4.78 is 12.9. The lowest BCUT2D eigenvalue weighted by Crippen LogP contribution is -2.38. The molecule has 1 fully saturated rings. The Morgan fingerprint density at radius 3 is 2.47 bits per heavy atom. The third kappa shape index (κ3) is 4.00. The third-order valence-corrected chi connectivity index (χ3v) is 4.13. The van der Waals surface area contributed by atoms with E-state index in [1.54, 1.807) is 6.07 Å². The Bertz CT molecular complexity index is 380. The first kappa shape index (κ1) is 14.4. The van der Waals surface area contributed by atoms with Crippen molar-refractivity contribution in [1.82, 2.24) is 10.3 Å². The fourth-order valence-electron chi connectivity index (χ4n) is 3.37. The lowest BCUT2D eigenvalue weighted by atomic mass is 9.80. The largest absolute Gasteiger partial charge is 0.306 e. The molecule has 1 N–H and O–H groups in total. The fraction of sp³-hybridized carbons (Fsp3) is 0.688. The van der Waals surface area contributed by atoms with Gasteiger partial charge in [0.1, 0.15) is 5.82 Å². The molecular weight excluding hydrogens is 239 g/mol. The van der Waals surface area contributed by atoms with Crippen LogP contribution in [0.1, 0.15) is 58.2 Å². The van der Waals surface area contributed by atoms with Crippen LogP contribution in [-0.4, -0.2) is 11.0 Å². The minimum Gasteiger partial charge on any atom is -0.306 e. The van der Waals surface area contributed by atoms with Crippen LogP contribution >= 0.6 is 0 Å². The predicted octanol–water partition coefficient (Wildman–Crippen LogP) is 4.09. The number of hydrogen-bond acceptors (Lipinski definition) is 2. The number of hydrogen-bond donors (Lipinski definition) is 1. The Morgan fingerprint density at radius 2 is 1.95 bits per heavy atom. The van der Waals surface area contributed by atoms with Crippen molar-refractivity contribution < 1.29 is 4.39 Å². The molecule has 1 aromatic rings. The topological polar surface area (TPSA) is 24.9 Å². The summed E-state index contributed by atoms with van der Waals surface area (Å²) in [5.74, 6) is 1.32. The number of aromatic nitrogens is 1. The summed E-state index contributed by atoms with van der Waals surface area (Å²) in [5.41, 5.74) is 0.953. The first-order chi connectivity index (χ1) is 9.08. The summed E-state index contributed by atoms with van der Waals surface area (Å²) >= 11 is 0. The van der Waals surface area contributed by atoms with Gasteiger partial charge in [0.05, 0.1) is 11.9 Å². The third-order valence-electron chi connectivity index (χ3n) is 4.13. The maximum atomic E-state index is 12.9. The van der Waals surface area contributed by atoms with Crippen LogP contribution in [0, 0.1) is 17.7 Å². The van der Waals surface area contributed by atoms with Crippen LogP contribution in [0.5, 0.6) is 0 Å². The summed E-state index contributed by atoms with van der Waals surface area (Å²) in [6.45, 7) is 6.82. The average Bonchev–Trinajstić information content (AvgIpc) is 2.36. The quantitative estimate of drug-likeness (QED) is 0.886. The van der Waals surface area contributed by atoms with E-state index in [0.717, 1.165) is 24.0 Å². The van der Waals surface area contributed by atoms with Crippen LogP contribution in [0.15, 0.2) is 18.3 Å². The highest BCUT2D eigenvalue weighted by Gasteiger charge is 2.25. The van der Waals surface area contributed by atoms with Gasteiger partial charge in [-0.2, -0.15) is 0 Å². The molecule has 3 unspecified atom stereocenters. The molecule has 2 nitrogen and oxygen atoms in total. The van der Waals surface area contributed by atoms with Crippen molar-refractivity contribution in [2.24, 2.45) is 11.8 Å². The van der Waals surface area contributed by atoms with E-state index in [0.29, 0.717) is 6.04 Å². The van der Waals surface area contributed by atoms with E-state index in [1.165, 1.54) is 31.5 Å². The molecule has 2 rings (SSSR count). The van der Waals surface area contributed by atoms with Crippen LogP contribution in [0.3, 0.4) is 0 Å². The first-order valence-corrected chi connectivity index (χ1v) is 7.46. The number of nitrogens with one attached hydrogen (secondary N) is 1. The number of pyridine rings is 1. The summed E-state index contributed by atoms with van der Waals surface area (Å²) in [7, 11) is 0. The van der Waals surface area contributed by atoms with Crippen LogP contribution < -0.4 is 5.32 Å². The molecule has 19 heavy (non-hydrogen) atoms. The van der Waals surface area contributed by atoms with Gasteiger partial charge in [0.25, 0.3) is 0 Å². The van der Waals surface area contributed by atoms with Gasteiger partial charge >= 0.3 is 0 Å². The molecule has 0 aromatic carbocycles. The van der Waals surface area contributed by atoms with Gasteiger partial charge in [0.2, 0.25) is 0 Å². The maximum absolute atomic E-state index is 12.9. The minimum absolute atomic E-state index is 0.239. The Hall–Kier alpha value is -0.960. The van der Waals surface area contributed by atoms with E-state index >= 15 is 0 Å². The molecule has 1 heterocycles. The second kappa shape index (κ2) is 6.47. The highest BCUT2D eigenvalue weighted by atomic mass is 19.1.